The van der Waals surface area contributed by atoms with Gasteiger partial charge >= 0.3 is 0 Å². The van der Waals surface area contributed by atoms with E-state index in [0.29, 0.717) is 22.7 Å². The summed E-state index contributed by atoms with van der Waals surface area (Å²) in [5.41, 5.74) is 6.38. The van der Waals surface area contributed by atoms with Gasteiger partial charge < -0.3 is 15.8 Å². The molecule has 0 aromatic carbocycles. The van der Waals surface area contributed by atoms with Gasteiger partial charge in [0.25, 0.3) is 0 Å². The van der Waals surface area contributed by atoms with E-state index in [4.69, 9.17) is 10.5 Å². The van der Waals surface area contributed by atoms with Crippen molar-refractivity contribution < 1.29 is 9.53 Å². The fourth-order valence-electron chi connectivity index (χ4n) is 1.49. The average Bonchev–Trinajstić information content (AvgIpc) is 2.65. The van der Waals surface area contributed by atoms with Crippen molar-refractivity contribution in [1.82, 2.24) is 0 Å². The molecule has 1 rings (SSSR count). The number of thiophene rings is 1. The number of ketones is 1. The van der Waals surface area contributed by atoms with Crippen LogP contribution in [0.1, 0.15) is 42.8 Å². The topological polar surface area (TPSA) is 64.4 Å². The predicted octanol–water partition coefficient (Wildman–Crippen LogP) is 3.14. The molecule has 3 N–H and O–H groups in total. The largest absolute Gasteiger partial charge is 0.492 e. The van der Waals surface area contributed by atoms with Crippen molar-refractivity contribution in [2.24, 2.45) is 0 Å². The molecule has 0 aliphatic rings. The summed E-state index contributed by atoms with van der Waals surface area (Å²) < 4.78 is 5.25. The maximum absolute atomic E-state index is 11.7. The van der Waals surface area contributed by atoms with Gasteiger partial charge in [-0.3, -0.25) is 4.79 Å². The van der Waals surface area contributed by atoms with Crippen LogP contribution in [0, 0.1) is 0 Å². The summed E-state index contributed by atoms with van der Waals surface area (Å²) in [6.45, 7) is 4.83. The van der Waals surface area contributed by atoms with Crippen LogP contribution in [0.15, 0.2) is 0 Å². The summed E-state index contributed by atoms with van der Waals surface area (Å²) in [6, 6.07) is 0. The predicted molar refractivity (Wildman–Crippen MR) is 73.3 cm³/mol. The number of hydrogen-bond acceptors (Lipinski definition) is 5. The summed E-state index contributed by atoms with van der Waals surface area (Å²) in [7, 11) is 1.57. The first-order chi connectivity index (χ1) is 8.15. The SMILES string of the molecule is CCCCNc1sc(C(=O)CC)c(N)c1OC. The van der Waals surface area contributed by atoms with Gasteiger partial charge in [0.1, 0.15) is 5.00 Å². The Morgan fingerprint density at radius 3 is 2.71 bits per heavy atom. The van der Waals surface area contributed by atoms with Gasteiger partial charge in [0.15, 0.2) is 11.5 Å². The highest BCUT2D eigenvalue weighted by Gasteiger charge is 2.20. The Balaban J connectivity index is 2.92. The molecule has 0 fully saturated rings. The van der Waals surface area contributed by atoms with Gasteiger partial charge in [0.05, 0.1) is 17.7 Å². The Morgan fingerprint density at radius 2 is 2.18 bits per heavy atom. The molecule has 0 amide bonds. The van der Waals surface area contributed by atoms with Crippen LogP contribution in [-0.2, 0) is 0 Å². The minimum absolute atomic E-state index is 0.0642. The Kier molecular flexibility index (Phi) is 5.28. The zero-order valence-corrected chi connectivity index (χ0v) is 11.4. The number of nitrogen functional groups attached to an aromatic ring is 1. The van der Waals surface area contributed by atoms with Gasteiger partial charge in [-0.2, -0.15) is 0 Å². The summed E-state index contributed by atoms with van der Waals surface area (Å²) in [4.78, 5) is 12.3. The van der Waals surface area contributed by atoms with E-state index >= 15 is 0 Å². The van der Waals surface area contributed by atoms with Crippen LogP contribution < -0.4 is 15.8 Å². The van der Waals surface area contributed by atoms with Crippen molar-refractivity contribution in [2.75, 3.05) is 24.7 Å². The first-order valence-corrected chi connectivity index (χ1v) is 6.70. The van der Waals surface area contributed by atoms with E-state index in [0.717, 1.165) is 24.4 Å². The monoisotopic (exact) mass is 256 g/mol. The Hall–Kier alpha value is -1.23. The summed E-state index contributed by atoms with van der Waals surface area (Å²) in [5.74, 6) is 0.664. The lowest BCUT2D eigenvalue weighted by atomic mass is 10.2. The molecular weight excluding hydrogens is 236 g/mol. The number of nitrogens with one attached hydrogen (secondary N) is 1. The van der Waals surface area contributed by atoms with Crippen LogP contribution in [0.5, 0.6) is 5.75 Å². The molecule has 0 aliphatic heterocycles. The minimum atomic E-state index is 0.0642. The molecule has 0 radical (unpaired) electrons. The van der Waals surface area contributed by atoms with Gasteiger partial charge in [-0.1, -0.05) is 20.3 Å². The molecule has 17 heavy (non-hydrogen) atoms. The number of carbonyl (C=O) groups is 1. The summed E-state index contributed by atoms with van der Waals surface area (Å²) >= 11 is 1.38. The molecule has 0 atom stereocenters. The number of rotatable bonds is 7. The molecule has 0 bridgehead atoms. The molecule has 0 aliphatic carbocycles. The Morgan fingerprint density at radius 1 is 1.47 bits per heavy atom. The normalized spacial score (nSPS) is 10.3. The molecule has 0 unspecified atom stereocenters. The average molecular weight is 256 g/mol. The molecule has 0 saturated heterocycles. The van der Waals surface area contributed by atoms with E-state index in [1.54, 1.807) is 7.11 Å². The van der Waals surface area contributed by atoms with E-state index in [-0.39, 0.29) is 5.78 Å². The third kappa shape index (κ3) is 3.12. The molecule has 1 heterocycles. The number of hydrogen-bond donors (Lipinski definition) is 2. The number of methoxy groups -OCH3 is 1. The van der Waals surface area contributed by atoms with Crippen molar-refractivity contribution >= 4 is 27.8 Å². The highest BCUT2D eigenvalue weighted by Crippen LogP contribution is 2.42. The number of nitrogens with two attached hydrogens (primary N) is 1. The highest BCUT2D eigenvalue weighted by molar-refractivity contribution is 7.19. The molecule has 0 saturated carbocycles. The first-order valence-electron chi connectivity index (χ1n) is 5.88. The van der Waals surface area contributed by atoms with E-state index < -0.39 is 0 Å². The fraction of sp³-hybridized carbons (Fsp3) is 0.583. The zero-order chi connectivity index (χ0) is 12.8. The van der Waals surface area contributed by atoms with E-state index in [2.05, 4.69) is 12.2 Å². The lowest BCUT2D eigenvalue weighted by Gasteiger charge is -2.05. The fourth-order valence-corrected chi connectivity index (χ4v) is 2.62. The molecule has 4 nitrogen and oxygen atoms in total. The van der Waals surface area contributed by atoms with Crippen LogP contribution in [-0.4, -0.2) is 19.4 Å². The molecule has 96 valence electrons. The van der Waals surface area contributed by atoms with Crippen molar-refractivity contribution in [2.45, 2.75) is 33.1 Å². The molecule has 1 aromatic rings. The van der Waals surface area contributed by atoms with Gasteiger partial charge in [0.2, 0.25) is 0 Å². The van der Waals surface area contributed by atoms with E-state index in [9.17, 15) is 4.79 Å². The maximum atomic E-state index is 11.7. The van der Waals surface area contributed by atoms with E-state index in [1.165, 1.54) is 11.3 Å². The number of unbranched alkanes of at least 4 members (excludes halogenated alkanes) is 1. The maximum Gasteiger partial charge on any atom is 0.176 e. The summed E-state index contributed by atoms with van der Waals surface area (Å²) in [5, 5.41) is 4.12. The smallest absolute Gasteiger partial charge is 0.176 e. The standard InChI is InChI=1S/C12H20N2O2S/c1-4-6-7-14-12-10(16-3)9(13)11(17-12)8(15)5-2/h14H,4-7,13H2,1-3H3. The highest BCUT2D eigenvalue weighted by atomic mass is 32.1. The lowest BCUT2D eigenvalue weighted by Crippen LogP contribution is -2.01. The first kappa shape index (κ1) is 13.8. The minimum Gasteiger partial charge on any atom is -0.492 e. The second-order valence-corrected chi connectivity index (χ2v) is 4.78. The second-order valence-electron chi connectivity index (χ2n) is 3.76. The quantitative estimate of drug-likeness (QED) is 0.581. The Bertz CT molecular complexity index is 388. The number of Topliss-reactive ketones (excluding diaryl/α,β-unsaturated/α-hetero) is 1. The number of carbonyl (C=O) groups excluding carboxylic acids is 1. The van der Waals surface area contributed by atoms with Crippen molar-refractivity contribution in [1.29, 1.82) is 0 Å². The van der Waals surface area contributed by atoms with Crippen LogP contribution in [0.3, 0.4) is 0 Å². The van der Waals surface area contributed by atoms with Crippen LogP contribution in [0.25, 0.3) is 0 Å². The Labute approximate surface area is 106 Å². The summed E-state index contributed by atoms with van der Waals surface area (Å²) in [6.07, 6.45) is 2.66. The zero-order valence-electron chi connectivity index (χ0n) is 10.6. The third-order valence-electron chi connectivity index (χ3n) is 2.49. The molecule has 0 spiro atoms. The van der Waals surface area contributed by atoms with Crippen LogP contribution in [0.2, 0.25) is 0 Å². The van der Waals surface area contributed by atoms with Crippen molar-refractivity contribution in [3.8, 4) is 5.75 Å². The molecular formula is C12H20N2O2S. The van der Waals surface area contributed by atoms with Gasteiger partial charge in [-0.05, 0) is 6.42 Å². The third-order valence-corrected chi connectivity index (χ3v) is 3.68. The van der Waals surface area contributed by atoms with Crippen LogP contribution >= 0.6 is 11.3 Å². The van der Waals surface area contributed by atoms with Gasteiger partial charge in [-0.25, -0.2) is 0 Å². The van der Waals surface area contributed by atoms with E-state index in [1.807, 2.05) is 6.92 Å². The molecule has 5 heteroatoms. The number of anilines is 2. The molecule has 1 aromatic heterocycles. The lowest BCUT2D eigenvalue weighted by molar-refractivity contribution is 0.0992. The van der Waals surface area contributed by atoms with Gasteiger partial charge in [0, 0.05) is 13.0 Å². The van der Waals surface area contributed by atoms with Crippen molar-refractivity contribution in [3.05, 3.63) is 4.88 Å². The van der Waals surface area contributed by atoms with Crippen LogP contribution in [0.4, 0.5) is 10.7 Å². The number of ether oxygens (including phenoxy) is 1. The van der Waals surface area contributed by atoms with Gasteiger partial charge in [-0.15, -0.1) is 11.3 Å². The second kappa shape index (κ2) is 6.49. The van der Waals surface area contributed by atoms with Crippen molar-refractivity contribution in [3.63, 3.8) is 0 Å².